The third kappa shape index (κ3) is 6.29. The van der Waals surface area contributed by atoms with Gasteiger partial charge in [-0.3, -0.25) is 0 Å². The minimum atomic E-state index is -1.02. The maximum Gasteiger partial charge on any atom is 0.326 e. The van der Waals surface area contributed by atoms with E-state index in [4.69, 9.17) is 5.11 Å². The molecule has 0 saturated heterocycles. The van der Waals surface area contributed by atoms with E-state index in [9.17, 15) is 9.59 Å². The van der Waals surface area contributed by atoms with E-state index in [0.717, 1.165) is 10.0 Å². The summed E-state index contributed by atoms with van der Waals surface area (Å²) in [5, 5.41) is 14.1. The van der Waals surface area contributed by atoms with Crippen LogP contribution < -0.4 is 10.6 Å². The first kappa shape index (κ1) is 16.8. The predicted octanol–water partition coefficient (Wildman–Crippen LogP) is 2.45. The number of hydrogen-bond donors (Lipinski definition) is 3. The molecule has 3 N–H and O–H groups in total. The molecule has 0 aliphatic rings. The molecule has 0 spiro atoms. The van der Waals surface area contributed by atoms with Crippen LogP contribution in [0.5, 0.6) is 0 Å². The summed E-state index contributed by atoms with van der Waals surface area (Å²) in [5.74, 6) is -0.334. The number of benzene rings is 1. The van der Waals surface area contributed by atoms with Crippen molar-refractivity contribution in [1.82, 2.24) is 10.6 Å². The Balaban J connectivity index is 2.43. The van der Waals surface area contributed by atoms with Crippen LogP contribution in [0.25, 0.3) is 0 Å². The summed E-state index contributed by atoms with van der Waals surface area (Å²) in [5.41, 5.74) is 0.936. The topological polar surface area (TPSA) is 78.4 Å². The SMILES string of the molecule is CSCCC(NC(=O)NCc1cccc(Br)c1)C(=O)O. The quantitative estimate of drug-likeness (QED) is 0.697. The average molecular weight is 361 g/mol. The van der Waals surface area contributed by atoms with Crippen LogP contribution in [0.2, 0.25) is 0 Å². The Morgan fingerprint density at radius 3 is 2.80 bits per heavy atom. The van der Waals surface area contributed by atoms with Gasteiger partial charge in [0.15, 0.2) is 0 Å². The Morgan fingerprint density at radius 1 is 1.45 bits per heavy atom. The lowest BCUT2D eigenvalue weighted by Crippen LogP contribution is -2.46. The van der Waals surface area contributed by atoms with E-state index in [0.29, 0.717) is 18.7 Å². The molecule has 1 rings (SSSR count). The maximum atomic E-state index is 11.7. The van der Waals surface area contributed by atoms with Crippen molar-refractivity contribution in [3.8, 4) is 0 Å². The number of carbonyl (C=O) groups is 2. The Bertz CT molecular complexity index is 471. The van der Waals surface area contributed by atoms with Crippen molar-refractivity contribution in [2.24, 2.45) is 0 Å². The van der Waals surface area contributed by atoms with Crippen LogP contribution in [0.15, 0.2) is 28.7 Å². The van der Waals surface area contributed by atoms with Gasteiger partial charge >= 0.3 is 12.0 Å². The molecular formula is C13H17BrN2O3S. The number of amides is 2. The lowest BCUT2D eigenvalue weighted by Gasteiger charge is -2.14. The van der Waals surface area contributed by atoms with Crippen LogP contribution in [0.4, 0.5) is 4.79 Å². The van der Waals surface area contributed by atoms with Gasteiger partial charge in [-0.1, -0.05) is 28.1 Å². The summed E-state index contributed by atoms with van der Waals surface area (Å²) in [7, 11) is 0. The first-order valence-electron chi connectivity index (χ1n) is 6.03. The van der Waals surface area contributed by atoms with Gasteiger partial charge in [-0.15, -0.1) is 0 Å². The van der Waals surface area contributed by atoms with Gasteiger partial charge < -0.3 is 15.7 Å². The lowest BCUT2D eigenvalue weighted by molar-refractivity contribution is -0.139. The number of urea groups is 1. The summed E-state index contributed by atoms with van der Waals surface area (Å²) in [4.78, 5) is 22.7. The molecule has 1 aromatic carbocycles. The van der Waals surface area contributed by atoms with E-state index in [1.807, 2.05) is 30.5 Å². The fourth-order valence-electron chi connectivity index (χ4n) is 1.53. The molecule has 1 unspecified atom stereocenters. The van der Waals surface area contributed by atoms with Gasteiger partial charge in [0.05, 0.1) is 0 Å². The van der Waals surface area contributed by atoms with E-state index < -0.39 is 18.0 Å². The van der Waals surface area contributed by atoms with E-state index in [2.05, 4.69) is 26.6 Å². The van der Waals surface area contributed by atoms with Crippen LogP contribution >= 0.6 is 27.7 Å². The molecule has 0 saturated carbocycles. The number of rotatable bonds is 7. The zero-order chi connectivity index (χ0) is 15.0. The van der Waals surface area contributed by atoms with Crippen molar-refractivity contribution < 1.29 is 14.7 Å². The molecule has 20 heavy (non-hydrogen) atoms. The predicted molar refractivity (Wildman–Crippen MR) is 83.9 cm³/mol. The Kier molecular flexibility index (Phi) is 7.46. The third-order valence-electron chi connectivity index (χ3n) is 2.56. The van der Waals surface area contributed by atoms with Gasteiger partial charge in [0, 0.05) is 11.0 Å². The van der Waals surface area contributed by atoms with Crippen LogP contribution in [0.1, 0.15) is 12.0 Å². The fourth-order valence-corrected chi connectivity index (χ4v) is 2.45. The Morgan fingerprint density at radius 2 is 2.20 bits per heavy atom. The van der Waals surface area contributed by atoms with Crippen molar-refractivity contribution >= 4 is 39.7 Å². The summed E-state index contributed by atoms with van der Waals surface area (Å²) >= 11 is 4.89. The fraction of sp³-hybridized carbons (Fsp3) is 0.385. The number of halogens is 1. The second kappa shape index (κ2) is 8.86. The molecule has 0 aliphatic carbocycles. The van der Waals surface area contributed by atoms with Crippen molar-refractivity contribution in [3.05, 3.63) is 34.3 Å². The van der Waals surface area contributed by atoms with E-state index >= 15 is 0 Å². The standard InChI is InChI=1S/C13H17BrN2O3S/c1-20-6-5-11(12(17)18)16-13(19)15-8-9-3-2-4-10(14)7-9/h2-4,7,11H,5-6,8H2,1H3,(H,17,18)(H2,15,16,19). The molecule has 5 nitrogen and oxygen atoms in total. The molecule has 0 radical (unpaired) electrons. The monoisotopic (exact) mass is 360 g/mol. The normalized spacial score (nSPS) is 11.7. The zero-order valence-electron chi connectivity index (χ0n) is 11.1. The Labute approximate surface area is 130 Å². The largest absolute Gasteiger partial charge is 0.480 e. The zero-order valence-corrected chi connectivity index (χ0v) is 13.5. The summed E-state index contributed by atoms with van der Waals surface area (Å²) in [6, 6.07) is 6.21. The number of carbonyl (C=O) groups excluding carboxylic acids is 1. The van der Waals surface area contributed by atoms with E-state index in [1.54, 1.807) is 11.8 Å². The lowest BCUT2D eigenvalue weighted by atomic mass is 10.2. The molecule has 7 heteroatoms. The average Bonchev–Trinajstić information content (AvgIpc) is 2.41. The third-order valence-corrected chi connectivity index (χ3v) is 3.69. The maximum absolute atomic E-state index is 11.7. The van der Waals surface area contributed by atoms with Crippen molar-refractivity contribution in [1.29, 1.82) is 0 Å². The molecule has 110 valence electrons. The van der Waals surface area contributed by atoms with Crippen LogP contribution in [0.3, 0.4) is 0 Å². The summed E-state index contributed by atoms with van der Waals surface area (Å²) < 4.78 is 0.931. The van der Waals surface area contributed by atoms with E-state index in [-0.39, 0.29) is 0 Å². The van der Waals surface area contributed by atoms with Gasteiger partial charge in [0.1, 0.15) is 6.04 Å². The Hall–Kier alpha value is -1.21. The van der Waals surface area contributed by atoms with Crippen molar-refractivity contribution in [2.75, 3.05) is 12.0 Å². The number of aliphatic carboxylic acids is 1. The first-order chi connectivity index (χ1) is 9.52. The molecule has 0 aliphatic heterocycles. The van der Waals surface area contributed by atoms with Crippen LogP contribution in [-0.2, 0) is 11.3 Å². The van der Waals surface area contributed by atoms with Gasteiger partial charge in [-0.05, 0) is 36.1 Å². The summed E-state index contributed by atoms with van der Waals surface area (Å²) in [6.45, 7) is 0.347. The number of carboxylic acids is 1. The molecule has 0 bridgehead atoms. The highest BCUT2D eigenvalue weighted by molar-refractivity contribution is 9.10. The number of carboxylic acid groups (broad SMARTS) is 1. The van der Waals surface area contributed by atoms with Gasteiger partial charge in [0.2, 0.25) is 0 Å². The molecule has 1 atom stereocenters. The van der Waals surface area contributed by atoms with Crippen LogP contribution in [0, 0.1) is 0 Å². The van der Waals surface area contributed by atoms with Crippen LogP contribution in [-0.4, -0.2) is 35.2 Å². The number of nitrogens with one attached hydrogen (secondary N) is 2. The van der Waals surface area contributed by atoms with E-state index in [1.165, 1.54) is 0 Å². The van der Waals surface area contributed by atoms with Crippen molar-refractivity contribution in [3.63, 3.8) is 0 Å². The molecule has 0 fully saturated rings. The van der Waals surface area contributed by atoms with Crippen molar-refractivity contribution in [2.45, 2.75) is 19.0 Å². The highest BCUT2D eigenvalue weighted by Gasteiger charge is 2.18. The first-order valence-corrected chi connectivity index (χ1v) is 8.22. The smallest absolute Gasteiger partial charge is 0.326 e. The van der Waals surface area contributed by atoms with Gasteiger partial charge in [-0.25, -0.2) is 9.59 Å². The van der Waals surface area contributed by atoms with Gasteiger partial charge in [-0.2, -0.15) is 11.8 Å². The van der Waals surface area contributed by atoms with Gasteiger partial charge in [0.25, 0.3) is 0 Å². The molecular weight excluding hydrogens is 344 g/mol. The number of hydrogen-bond acceptors (Lipinski definition) is 3. The molecule has 0 heterocycles. The second-order valence-electron chi connectivity index (χ2n) is 4.13. The molecule has 2 amide bonds. The molecule has 0 aromatic heterocycles. The number of thioether (sulfide) groups is 1. The highest BCUT2D eigenvalue weighted by Crippen LogP contribution is 2.11. The summed E-state index contributed by atoms with van der Waals surface area (Å²) in [6.07, 6.45) is 2.30. The minimum absolute atomic E-state index is 0.347. The molecule has 1 aromatic rings. The second-order valence-corrected chi connectivity index (χ2v) is 6.03. The minimum Gasteiger partial charge on any atom is -0.480 e. The highest BCUT2D eigenvalue weighted by atomic mass is 79.9.